The summed E-state index contributed by atoms with van der Waals surface area (Å²) < 4.78 is 2.14. The molecule has 30 heavy (non-hydrogen) atoms. The van der Waals surface area contributed by atoms with Gasteiger partial charge in [0.25, 0.3) is 0 Å². The second-order valence-electron chi connectivity index (χ2n) is 7.18. The van der Waals surface area contributed by atoms with Crippen LogP contribution in [0.15, 0.2) is 59.8 Å². The summed E-state index contributed by atoms with van der Waals surface area (Å²) in [5, 5.41) is 13.2. The highest BCUT2D eigenvalue weighted by Crippen LogP contribution is 2.29. The molecule has 0 aliphatic carbocycles. The van der Waals surface area contributed by atoms with Crippen molar-refractivity contribution in [3.8, 4) is 0 Å². The molecule has 0 unspecified atom stereocenters. The van der Waals surface area contributed by atoms with E-state index in [0.29, 0.717) is 11.6 Å². The normalized spacial score (nSPS) is 13.4. The minimum atomic E-state index is -0.283. The summed E-state index contributed by atoms with van der Waals surface area (Å²) >= 11 is 1.37. The van der Waals surface area contributed by atoms with Crippen molar-refractivity contribution in [2.45, 2.75) is 50.2 Å². The molecule has 0 aliphatic rings. The Morgan fingerprint density at radius 2 is 1.80 bits per heavy atom. The smallest absolute Gasteiger partial charge is 0.234 e. The zero-order valence-corrected chi connectivity index (χ0v) is 18.2. The van der Waals surface area contributed by atoms with E-state index in [2.05, 4.69) is 33.1 Å². The molecular weight excluding hydrogens is 394 g/mol. The number of carbonyl (C=O) groups excluding carboxylic acids is 1. The summed E-state index contributed by atoms with van der Waals surface area (Å²) in [6.45, 7) is 6.88. The Kier molecular flexibility index (Phi) is 5.99. The van der Waals surface area contributed by atoms with Crippen LogP contribution < -0.4 is 5.32 Å². The number of carbonyl (C=O) groups is 1. The molecule has 1 amide bonds. The van der Waals surface area contributed by atoms with E-state index in [-0.39, 0.29) is 17.2 Å². The Morgan fingerprint density at radius 1 is 1.07 bits per heavy atom. The van der Waals surface area contributed by atoms with Gasteiger partial charge in [-0.15, -0.1) is 10.2 Å². The molecule has 154 valence electrons. The van der Waals surface area contributed by atoms with Crippen LogP contribution in [0.1, 0.15) is 38.8 Å². The summed E-state index contributed by atoms with van der Waals surface area (Å²) in [5.74, 6) is -0.0152. The maximum absolute atomic E-state index is 12.9. The number of nitrogens with zero attached hydrogens (tertiary/aromatic N) is 4. The van der Waals surface area contributed by atoms with Crippen molar-refractivity contribution in [3.63, 3.8) is 0 Å². The van der Waals surface area contributed by atoms with Crippen LogP contribution >= 0.6 is 11.8 Å². The van der Waals surface area contributed by atoms with Crippen LogP contribution in [0, 0.1) is 0 Å². The Hall–Kier alpha value is -2.93. The van der Waals surface area contributed by atoms with Crippen LogP contribution in [-0.2, 0) is 11.3 Å². The lowest BCUT2D eigenvalue weighted by molar-refractivity contribution is -0.121. The summed E-state index contributed by atoms with van der Waals surface area (Å²) in [6.07, 6.45) is 0.677. The Morgan fingerprint density at radius 3 is 2.53 bits per heavy atom. The van der Waals surface area contributed by atoms with E-state index >= 15 is 0 Å². The number of hydrogen-bond donors (Lipinski definition) is 1. The van der Waals surface area contributed by atoms with Crippen molar-refractivity contribution < 1.29 is 4.79 Å². The van der Waals surface area contributed by atoms with Crippen molar-refractivity contribution >= 4 is 39.7 Å². The van der Waals surface area contributed by atoms with Crippen LogP contribution in [0.5, 0.6) is 0 Å². The van der Waals surface area contributed by atoms with E-state index in [0.717, 1.165) is 34.2 Å². The highest BCUT2D eigenvalue weighted by Gasteiger charge is 2.22. The molecule has 2 heterocycles. The number of thioether (sulfide) groups is 1. The van der Waals surface area contributed by atoms with Gasteiger partial charge in [-0.1, -0.05) is 67.2 Å². The molecular formula is C23H25N5OS. The maximum atomic E-state index is 12.9. The first kappa shape index (κ1) is 20.3. The number of para-hydroxylation sites is 1. The predicted octanol–water partition coefficient (Wildman–Crippen LogP) is 4.75. The Bertz CT molecular complexity index is 1170. The lowest BCUT2D eigenvalue weighted by Crippen LogP contribution is -2.34. The molecule has 0 bridgehead atoms. The summed E-state index contributed by atoms with van der Waals surface area (Å²) in [5.41, 5.74) is 3.79. The Balaban J connectivity index is 1.57. The number of nitrogens with one attached hydrogen (secondary N) is 1. The topological polar surface area (TPSA) is 72.7 Å². The monoisotopic (exact) mass is 419 g/mol. The van der Waals surface area contributed by atoms with Crippen molar-refractivity contribution in [2.24, 2.45) is 0 Å². The average Bonchev–Trinajstić information content (AvgIpc) is 3.10. The van der Waals surface area contributed by atoms with Crippen molar-refractivity contribution in [1.29, 1.82) is 0 Å². The van der Waals surface area contributed by atoms with Crippen LogP contribution in [0.3, 0.4) is 0 Å². The lowest BCUT2D eigenvalue weighted by Gasteiger charge is -2.18. The molecule has 0 radical (unpaired) electrons. The molecule has 4 aromatic rings. The van der Waals surface area contributed by atoms with E-state index in [1.165, 1.54) is 11.8 Å². The Labute approximate surface area is 180 Å². The van der Waals surface area contributed by atoms with Gasteiger partial charge in [0.2, 0.25) is 11.1 Å². The van der Waals surface area contributed by atoms with Crippen LogP contribution in [0.25, 0.3) is 22.1 Å². The number of amides is 1. The first-order chi connectivity index (χ1) is 14.6. The van der Waals surface area contributed by atoms with Crippen molar-refractivity contribution in [3.05, 3.63) is 60.2 Å². The quantitative estimate of drug-likeness (QED) is 0.438. The zero-order valence-electron chi connectivity index (χ0n) is 17.4. The first-order valence-electron chi connectivity index (χ1n) is 10.3. The molecule has 2 aromatic heterocycles. The van der Waals surface area contributed by atoms with Crippen LogP contribution in [0.4, 0.5) is 0 Å². The molecule has 6 nitrogen and oxygen atoms in total. The van der Waals surface area contributed by atoms with Gasteiger partial charge in [-0.3, -0.25) is 4.79 Å². The summed E-state index contributed by atoms with van der Waals surface area (Å²) in [7, 11) is 0. The number of benzene rings is 2. The molecule has 7 heteroatoms. The highest BCUT2D eigenvalue weighted by atomic mass is 32.2. The second-order valence-corrected chi connectivity index (χ2v) is 8.35. The summed E-state index contributed by atoms with van der Waals surface area (Å²) in [4.78, 5) is 17.6. The molecule has 0 saturated carbocycles. The second kappa shape index (κ2) is 8.83. The van der Waals surface area contributed by atoms with Gasteiger partial charge in [0.05, 0.1) is 16.8 Å². The van der Waals surface area contributed by atoms with E-state index in [4.69, 9.17) is 4.98 Å². The molecule has 2 atom stereocenters. The number of aryl methyl sites for hydroxylation is 1. The predicted molar refractivity (Wildman–Crippen MR) is 121 cm³/mol. The third kappa shape index (κ3) is 3.89. The van der Waals surface area contributed by atoms with Crippen LogP contribution in [0.2, 0.25) is 0 Å². The number of aromatic nitrogens is 4. The van der Waals surface area contributed by atoms with Gasteiger partial charge in [0.1, 0.15) is 5.52 Å². The SMILES string of the molecule is CC[C@@H](Sc1nnc2c3ccccc3n(CC)c2n1)C(=O)N[C@@H](C)c1ccccc1. The fourth-order valence-corrected chi connectivity index (χ4v) is 4.46. The molecule has 0 aliphatic heterocycles. The van der Waals surface area contributed by atoms with E-state index in [9.17, 15) is 4.79 Å². The van der Waals surface area contributed by atoms with Gasteiger partial charge < -0.3 is 9.88 Å². The average molecular weight is 420 g/mol. The van der Waals surface area contributed by atoms with E-state index < -0.39 is 0 Å². The van der Waals surface area contributed by atoms with E-state index in [1.807, 2.05) is 62.4 Å². The lowest BCUT2D eigenvalue weighted by atomic mass is 10.1. The van der Waals surface area contributed by atoms with Gasteiger partial charge >= 0.3 is 0 Å². The number of fused-ring (bicyclic) bond motifs is 3. The third-order valence-corrected chi connectivity index (χ3v) is 6.46. The molecule has 0 spiro atoms. The zero-order chi connectivity index (χ0) is 21.1. The van der Waals surface area contributed by atoms with Gasteiger partial charge in [-0.25, -0.2) is 4.98 Å². The molecule has 0 fully saturated rings. The molecule has 2 aromatic carbocycles. The van der Waals surface area contributed by atoms with Crippen molar-refractivity contribution in [1.82, 2.24) is 25.1 Å². The largest absolute Gasteiger partial charge is 0.349 e. The van der Waals surface area contributed by atoms with Crippen LogP contribution in [-0.4, -0.2) is 30.9 Å². The minimum absolute atomic E-state index is 0.0152. The van der Waals surface area contributed by atoms with Crippen molar-refractivity contribution in [2.75, 3.05) is 0 Å². The van der Waals surface area contributed by atoms with Gasteiger partial charge in [-0.05, 0) is 31.9 Å². The maximum Gasteiger partial charge on any atom is 0.234 e. The van der Waals surface area contributed by atoms with E-state index in [1.54, 1.807) is 0 Å². The number of hydrogen-bond acceptors (Lipinski definition) is 5. The molecule has 1 N–H and O–H groups in total. The van der Waals surface area contributed by atoms with Gasteiger partial charge in [0, 0.05) is 11.9 Å². The van der Waals surface area contributed by atoms with Gasteiger partial charge in [0.15, 0.2) is 5.65 Å². The molecule has 4 rings (SSSR count). The fourth-order valence-electron chi connectivity index (χ4n) is 3.64. The molecule has 0 saturated heterocycles. The number of rotatable bonds is 7. The standard InChI is InChI=1S/C23H25N5OS/c1-4-19(22(29)24-15(3)16-11-7-6-8-12-16)30-23-25-21-20(26-27-23)17-13-9-10-14-18(17)28(21)5-2/h6-15,19H,4-5H2,1-3H3,(H,24,29)/t15-,19+/m0/s1. The fraction of sp³-hybridized carbons (Fsp3) is 0.304. The highest BCUT2D eigenvalue weighted by molar-refractivity contribution is 8.00. The van der Waals surface area contributed by atoms with Gasteiger partial charge in [-0.2, -0.15) is 0 Å². The first-order valence-corrected chi connectivity index (χ1v) is 11.1. The third-order valence-electron chi connectivity index (χ3n) is 5.24. The summed E-state index contributed by atoms with van der Waals surface area (Å²) in [6, 6.07) is 18.0. The minimum Gasteiger partial charge on any atom is -0.349 e.